The van der Waals surface area contributed by atoms with Gasteiger partial charge in [0.25, 0.3) is 0 Å². The van der Waals surface area contributed by atoms with Gasteiger partial charge in [0.05, 0.1) is 13.2 Å². The number of nitrogens with zero attached hydrogens (tertiary/aromatic N) is 1. The van der Waals surface area contributed by atoms with Gasteiger partial charge >= 0.3 is 0 Å². The van der Waals surface area contributed by atoms with Crippen molar-refractivity contribution in [1.82, 2.24) is 5.32 Å². The van der Waals surface area contributed by atoms with E-state index in [4.69, 9.17) is 9.84 Å². The second-order valence-electron chi connectivity index (χ2n) is 4.09. The van der Waals surface area contributed by atoms with Crippen molar-refractivity contribution in [2.75, 3.05) is 45.4 Å². The van der Waals surface area contributed by atoms with Crippen molar-refractivity contribution >= 4 is 5.69 Å². The van der Waals surface area contributed by atoms with Crippen LogP contribution in [-0.2, 0) is 11.3 Å². The molecule has 0 heterocycles. The summed E-state index contributed by atoms with van der Waals surface area (Å²) in [6.07, 6.45) is 0. The number of ether oxygens (including phenoxy) is 1. The fraction of sp³-hybridized carbons (Fsp3) is 0.538. The number of aliphatic hydroxyl groups excluding tert-OH is 1. The van der Waals surface area contributed by atoms with Gasteiger partial charge in [-0.1, -0.05) is 0 Å². The Morgan fingerprint density at radius 2 is 2.22 bits per heavy atom. The third-order valence-corrected chi connectivity index (χ3v) is 2.69. The molecule has 0 bridgehead atoms. The number of rotatable bonds is 8. The highest BCUT2D eigenvalue weighted by Crippen LogP contribution is 2.20. The van der Waals surface area contributed by atoms with E-state index in [-0.39, 0.29) is 12.4 Å². The van der Waals surface area contributed by atoms with E-state index in [1.807, 2.05) is 11.9 Å². The second kappa shape index (κ2) is 8.02. The SMILES string of the molecule is COCCNCc1cc(F)ccc1N(C)CCO. The molecule has 0 unspecified atom stereocenters. The van der Waals surface area contributed by atoms with Crippen molar-refractivity contribution in [3.63, 3.8) is 0 Å². The van der Waals surface area contributed by atoms with Crippen LogP contribution >= 0.6 is 0 Å². The first-order chi connectivity index (χ1) is 8.69. The number of halogens is 1. The molecule has 0 radical (unpaired) electrons. The summed E-state index contributed by atoms with van der Waals surface area (Å²) in [6.45, 7) is 2.51. The normalized spacial score (nSPS) is 10.7. The van der Waals surface area contributed by atoms with Gasteiger partial charge in [-0.3, -0.25) is 0 Å². The maximum Gasteiger partial charge on any atom is 0.123 e. The zero-order valence-corrected chi connectivity index (χ0v) is 10.9. The lowest BCUT2D eigenvalue weighted by Gasteiger charge is -2.21. The molecule has 2 N–H and O–H groups in total. The molecule has 0 amide bonds. The number of hydrogen-bond acceptors (Lipinski definition) is 4. The molecule has 102 valence electrons. The molecule has 0 atom stereocenters. The van der Waals surface area contributed by atoms with Crippen LogP contribution in [0.15, 0.2) is 18.2 Å². The summed E-state index contributed by atoms with van der Waals surface area (Å²) in [6, 6.07) is 4.68. The summed E-state index contributed by atoms with van der Waals surface area (Å²) in [4.78, 5) is 1.91. The number of methoxy groups -OCH3 is 1. The standard InChI is InChI=1S/C13H21FN2O2/c1-16(6-7-17)13-4-3-12(14)9-11(13)10-15-5-8-18-2/h3-4,9,15,17H,5-8,10H2,1-2H3. The zero-order valence-electron chi connectivity index (χ0n) is 10.9. The van der Waals surface area contributed by atoms with Gasteiger partial charge in [0.2, 0.25) is 0 Å². The molecule has 0 saturated heterocycles. The van der Waals surface area contributed by atoms with E-state index in [2.05, 4.69) is 5.32 Å². The van der Waals surface area contributed by atoms with Crippen LogP contribution in [-0.4, -0.2) is 45.6 Å². The van der Waals surface area contributed by atoms with Crippen molar-refractivity contribution in [1.29, 1.82) is 0 Å². The van der Waals surface area contributed by atoms with E-state index in [1.54, 1.807) is 13.2 Å². The molecule has 18 heavy (non-hydrogen) atoms. The first-order valence-corrected chi connectivity index (χ1v) is 5.99. The van der Waals surface area contributed by atoms with Gasteiger partial charge in [-0.2, -0.15) is 0 Å². The molecule has 0 spiro atoms. The highest BCUT2D eigenvalue weighted by Gasteiger charge is 2.08. The third kappa shape index (κ3) is 4.60. The smallest absolute Gasteiger partial charge is 0.123 e. The molecule has 0 saturated carbocycles. The van der Waals surface area contributed by atoms with Crippen LogP contribution in [0.4, 0.5) is 10.1 Å². The number of aliphatic hydroxyl groups is 1. The Morgan fingerprint density at radius 1 is 1.44 bits per heavy atom. The van der Waals surface area contributed by atoms with E-state index in [0.717, 1.165) is 17.8 Å². The average molecular weight is 256 g/mol. The predicted molar refractivity (Wildman–Crippen MR) is 70.3 cm³/mol. The van der Waals surface area contributed by atoms with Gasteiger partial charge in [-0.25, -0.2) is 4.39 Å². The van der Waals surface area contributed by atoms with Crippen molar-refractivity contribution in [2.24, 2.45) is 0 Å². The fourth-order valence-corrected chi connectivity index (χ4v) is 1.74. The van der Waals surface area contributed by atoms with E-state index in [9.17, 15) is 4.39 Å². The molecule has 1 aromatic rings. The molecule has 0 aliphatic rings. The highest BCUT2D eigenvalue weighted by molar-refractivity contribution is 5.53. The molecule has 0 aliphatic carbocycles. The van der Waals surface area contributed by atoms with Crippen molar-refractivity contribution < 1.29 is 14.2 Å². The minimum atomic E-state index is -0.250. The number of hydrogen-bond donors (Lipinski definition) is 2. The van der Waals surface area contributed by atoms with Crippen LogP contribution in [0.25, 0.3) is 0 Å². The Balaban J connectivity index is 2.70. The monoisotopic (exact) mass is 256 g/mol. The Morgan fingerprint density at radius 3 is 2.89 bits per heavy atom. The fourth-order valence-electron chi connectivity index (χ4n) is 1.74. The second-order valence-corrected chi connectivity index (χ2v) is 4.09. The lowest BCUT2D eigenvalue weighted by molar-refractivity contribution is 0.199. The molecule has 0 aromatic heterocycles. The van der Waals surface area contributed by atoms with Crippen LogP contribution in [0.5, 0.6) is 0 Å². The Hall–Kier alpha value is -1.17. The predicted octanol–water partition coefficient (Wildman–Crippen LogP) is 0.990. The van der Waals surface area contributed by atoms with Gasteiger partial charge < -0.3 is 20.1 Å². The Kier molecular flexibility index (Phi) is 6.64. The van der Waals surface area contributed by atoms with Gasteiger partial charge in [0.15, 0.2) is 0 Å². The van der Waals surface area contributed by atoms with Crippen molar-refractivity contribution in [3.8, 4) is 0 Å². The Labute approximate surface area is 107 Å². The van der Waals surface area contributed by atoms with E-state index in [0.29, 0.717) is 19.7 Å². The average Bonchev–Trinajstić information content (AvgIpc) is 2.35. The van der Waals surface area contributed by atoms with Gasteiger partial charge in [-0.05, 0) is 23.8 Å². The molecule has 5 heteroatoms. The lowest BCUT2D eigenvalue weighted by Crippen LogP contribution is -2.25. The molecular weight excluding hydrogens is 235 g/mol. The summed E-state index contributed by atoms with van der Waals surface area (Å²) in [5.74, 6) is -0.250. The quantitative estimate of drug-likeness (QED) is 0.681. The largest absolute Gasteiger partial charge is 0.395 e. The summed E-state index contributed by atoms with van der Waals surface area (Å²) < 4.78 is 18.2. The van der Waals surface area contributed by atoms with Crippen molar-refractivity contribution in [3.05, 3.63) is 29.6 Å². The summed E-state index contributed by atoms with van der Waals surface area (Å²) in [5.41, 5.74) is 1.80. The minimum absolute atomic E-state index is 0.0738. The number of nitrogens with one attached hydrogen (secondary N) is 1. The van der Waals surface area contributed by atoms with Gasteiger partial charge in [0, 0.05) is 39.5 Å². The summed E-state index contributed by atoms with van der Waals surface area (Å²) >= 11 is 0. The Bertz CT molecular complexity index is 361. The summed E-state index contributed by atoms with van der Waals surface area (Å²) in [7, 11) is 3.52. The number of likely N-dealkylation sites (N-methyl/N-ethyl adjacent to an activating group) is 1. The lowest BCUT2D eigenvalue weighted by atomic mass is 10.1. The molecule has 4 nitrogen and oxygen atoms in total. The maximum absolute atomic E-state index is 13.3. The zero-order chi connectivity index (χ0) is 13.4. The van der Waals surface area contributed by atoms with Crippen LogP contribution < -0.4 is 10.2 Å². The molecule has 0 aliphatic heterocycles. The molecule has 1 rings (SSSR count). The summed E-state index contributed by atoms with van der Waals surface area (Å²) in [5, 5.41) is 12.1. The van der Waals surface area contributed by atoms with E-state index in [1.165, 1.54) is 12.1 Å². The first-order valence-electron chi connectivity index (χ1n) is 5.99. The van der Waals surface area contributed by atoms with E-state index >= 15 is 0 Å². The van der Waals surface area contributed by atoms with Crippen LogP contribution in [0.2, 0.25) is 0 Å². The van der Waals surface area contributed by atoms with Crippen LogP contribution in [0.1, 0.15) is 5.56 Å². The molecule has 1 aromatic carbocycles. The van der Waals surface area contributed by atoms with Gasteiger partial charge in [0.1, 0.15) is 5.82 Å². The van der Waals surface area contributed by atoms with E-state index < -0.39 is 0 Å². The first kappa shape index (κ1) is 14.9. The third-order valence-electron chi connectivity index (χ3n) is 2.69. The van der Waals surface area contributed by atoms with Gasteiger partial charge in [-0.15, -0.1) is 0 Å². The molecular formula is C13H21FN2O2. The number of benzene rings is 1. The van der Waals surface area contributed by atoms with Crippen molar-refractivity contribution in [2.45, 2.75) is 6.54 Å². The topological polar surface area (TPSA) is 44.7 Å². The van der Waals surface area contributed by atoms with Crippen LogP contribution in [0, 0.1) is 5.82 Å². The van der Waals surface area contributed by atoms with Crippen LogP contribution in [0.3, 0.4) is 0 Å². The minimum Gasteiger partial charge on any atom is -0.395 e. The molecule has 0 fully saturated rings. The highest BCUT2D eigenvalue weighted by atomic mass is 19.1. The maximum atomic E-state index is 13.3. The number of anilines is 1.